The summed E-state index contributed by atoms with van der Waals surface area (Å²) in [5.74, 6) is 0. The van der Waals surface area contributed by atoms with Gasteiger partial charge in [0.05, 0.1) is 11.9 Å². The molecule has 0 bridgehead atoms. The molecular formula is C5H9NOS. The monoisotopic (exact) mass is 131 g/mol. The van der Waals surface area contributed by atoms with E-state index in [4.69, 9.17) is 9.92 Å². The second-order valence-corrected chi connectivity index (χ2v) is 2.62. The van der Waals surface area contributed by atoms with Crippen LogP contribution in [0.1, 0.15) is 0 Å². The van der Waals surface area contributed by atoms with Crippen molar-refractivity contribution in [2.75, 3.05) is 13.2 Å². The second kappa shape index (κ2) is 3.12. The van der Waals surface area contributed by atoms with Crippen molar-refractivity contribution in [3.05, 3.63) is 12.2 Å². The van der Waals surface area contributed by atoms with Gasteiger partial charge in [-0.05, 0) is 0 Å². The third-order valence-electron chi connectivity index (χ3n) is 0.939. The number of nitrogens with two attached hydrogens (primary N) is 1. The molecule has 1 aliphatic rings. The normalized spacial score (nSPS) is 28.4. The summed E-state index contributed by atoms with van der Waals surface area (Å²) in [6.07, 6.45) is 4.07. The molecule has 1 aliphatic heterocycles. The molecule has 1 unspecified atom stereocenters. The molecule has 46 valence electrons. The number of hydrogen-bond donors (Lipinski definition) is 1. The van der Waals surface area contributed by atoms with Gasteiger partial charge in [-0.1, -0.05) is 12.2 Å². The molecule has 8 heavy (non-hydrogen) atoms. The van der Waals surface area contributed by atoms with Crippen LogP contribution in [0.5, 0.6) is 0 Å². The Balaban J connectivity index is 2.32. The summed E-state index contributed by atoms with van der Waals surface area (Å²) in [6, 6.07) is 0. The van der Waals surface area contributed by atoms with Crippen molar-refractivity contribution in [1.29, 1.82) is 0 Å². The molecule has 0 aromatic rings. The lowest BCUT2D eigenvalue weighted by atomic mass is 10.4. The molecule has 0 fully saturated rings. The number of hydrogen-bond acceptors (Lipinski definition) is 3. The lowest BCUT2D eigenvalue weighted by Crippen LogP contribution is -2.16. The van der Waals surface area contributed by atoms with Gasteiger partial charge in [0.25, 0.3) is 0 Å². The van der Waals surface area contributed by atoms with Crippen LogP contribution in [0.25, 0.3) is 0 Å². The fourth-order valence-electron chi connectivity index (χ4n) is 0.523. The molecule has 0 aromatic heterocycles. The largest absolute Gasteiger partial charge is 0.329 e. The molecule has 1 atom stereocenters. The highest BCUT2D eigenvalue weighted by Gasteiger charge is 2.05. The summed E-state index contributed by atoms with van der Waals surface area (Å²) >= 11 is 1.45. The summed E-state index contributed by atoms with van der Waals surface area (Å²) < 4.78 is 5.02. The van der Waals surface area contributed by atoms with Crippen molar-refractivity contribution in [1.82, 2.24) is 0 Å². The van der Waals surface area contributed by atoms with E-state index in [1.807, 2.05) is 6.08 Å². The van der Waals surface area contributed by atoms with Crippen LogP contribution in [0.3, 0.4) is 0 Å². The topological polar surface area (TPSA) is 35.2 Å². The molecule has 3 heteroatoms. The van der Waals surface area contributed by atoms with Crippen LogP contribution >= 0.6 is 12.0 Å². The molecule has 0 saturated carbocycles. The van der Waals surface area contributed by atoms with Gasteiger partial charge in [0.15, 0.2) is 0 Å². The molecule has 1 heterocycles. The molecule has 0 spiro atoms. The minimum Gasteiger partial charge on any atom is -0.329 e. The van der Waals surface area contributed by atoms with Gasteiger partial charge in [-0.25, -0.2) is 0 Å². The summed E-state index contributed by atoms with van der Waals surface area (Å²) in [6.45, 7) is 1.39. The Morgan fingerprint density at radius 2 is 2.75 bits per heavy atom. The van der Waals surface area contributed by atoms with Crippen LogP contribution in [0.4, 0.5) is 0 Å². The predicted molar refractivity (Wildman–Crippen MR) is 35.5 cm³/mol. The molecule has 2 N–H and O–H groups in total. The lowest BCUT2D eigenvalue weighted by molar-refractivity contribution is 0.419. The van der Waals surface area contributed by atoms with Crippen molar-refractivity contribution in [2.24, 2.45) is 5.73 Å². The van der Waals surface area contributed by atoms with Crippen LogP contribution in [0, 0.1) is 0 Å². The third-order valence-corrected chi connectivity index (χ3v) is 1.81. The van der Waals surface area contributed by atoms with Crippen LogP contribution in [-0.2, 0) is 4.18 Å². The Hall–Kier alpha value is 0.01000. The smallest absolute Gasteiger partial charge is 0.0796 e. The van der Waals surface area contributed by atoms with Crippen molar-refractivity contribution in [3.8, 4) is 0 Å². The van der Waals surface area contributed by atoms with Gasteiger partial charge in [0, 0.05) is 18.6 Å². The van der Waals surface area contributed by atoms with Gasteiger partial charge >= 0.3 is 0 Å². The fraction of sp³-hybridized carbons (Fsp3) is 0.600. The third kappa shape index (κ3) is 1.51. The SMILES string of the molecule is NCC1C=CCOS1. The van der Waals surface area contributed by atoms with Gasteiger partial charge in [-0.15, -0.1) is 0 Å². The first-order valence-electron chi connectivity index (χ1n) is 2.58. The maximum Gasteiger partial charge on any atom is 0.0796 e. The van der Waals surface area contributed by atoms with Crippen LogP contribution in [0.15, 0.2) is 12.2 Å². The van der Waals surface area contributed by atoms with Crippen LogP contribution in [-0.4, -0.2) is 18.4 Å². The Labute approximate surface area is 53.3 Å². The van der Waals surface area contributed by atoms with E-state index in [9.17, 15) is 0 Å². The first kappa shape index (κ1) is 6.13. The summed E-state index contributed by atoms with van der Waals surface area (Å²) in [7, 11) is 0. The van der Waals surface area contributed by atoms with Crippen molar-refractivity contribution >= 4 is 12.0 Å². The highest BCUT2D eigenvalue weighted by molar-refractivity contribution is 7.95. The standard InChI is InChI=1S/C5H9NOS/c6-4-5-2-1-3-7-8-5/h1-2,5H,3-4,6H2. The minimum absolute atomic E-state index is 0.378. The Morgan fingerprint density at radius 1 is 1.88 bits per heavy atom. The maximum absolute atomic E-state index is 5.35. The van der Waals surface area contributed by atoms with E-state index in [1.165, 1.54) is 12.0 Å². The van der Waals surface area contributed by atoms with Gasteiger partial charge in [-0.3, -0.25) is 0 Å². The van der Waals surface area contributed by atoms with E-state index >= 15 is 0 Å². The molecule has 0 radical (unpaired) electrons. The van der Waals surface area contributed by atoms with E-state index in [1.54, 1.807) is 0 Å². The van der Waals surface area contributed by atoms with Gasteiger partial charge in [0.1, 0.15) is 0 Å². The zero-order valence-electron chi connectivity index (χ0n) is 4.54. The lowest BCUT2D eigenvalue weighted by Gasteiger charge is -2.11. The molecule has 0 amide bonds. The summed E-state index contributed by atoms with van der Waals surface area (Å²) in [5, 5.41) is 0.378. The zero-order chi connectivity index (χ0) is 5.82. The van der Waals surface area contributed by atoms with Crippen LogP contribution in [0.2, 0.25) is 0 Å². The highest BCUT2D eigenvalue weighted by Crippen LogP contribution is 2.16. The molecule has 0 saturated heterocycles. The fourth-order valence-corrected chi connectivity index (χ4v) is 1.11. The molecule has 1 rings (SSSR count). The molecular weight excluding hydrogens is 122 g/mol. The zero-order valence-corrected chi connectivity index (χ0v) is 5.36. The van der Waals surface area contributed by atoms with E-state index in [-0.39, 0.29) is 0 Å². The predicted octanol–water partition coefficient (Wildman–Crippen LogP) is 0.548. The first-order valence-corrected chi connectivity index (χ1v) is 3.39. The van der Waals surface area contributed by atoms with Crippen molar-refractivity contribution < 1.29 is 4.18 Å². The van der Waals surface area contributed by atoms with Crippen molar-refractivity contribution in [3.63, 3.8) is 0 Å². The Bertz CT molecular complexity index is 94.4. The van der Waals surface area contributed by atoms with Crippen LogP contribution < -0.4 is 5.73 Å². The minimum atomic E-state index is 0.378. The molecule has 2 nitrogen and oxygen atoms in total. The second-order valence-electron chi connectivity index (χ2n) is 1.58. The Kier molecular flexibility index (Phi) is 2.39. The van der Waals surface area contributed by atoms with E-state index in [0.717, 1.165) is 6.61 Å². The Morgan fingerprint density at radius 3 is 3.12 bits per heavy atom. The van der Waals surface area contributed by atoms with E-state index < -0.39 is 0 Å². The van der Waals surface area contributed by atoms with E-state index in [2.05, 4.69) is 6.08 Å². The summed E-state index contributed by atoms with van der Waals surface area (Å²) in [5.41, 5.74) is 5.35. The highest BCUT2D eigenvalue weighted by atomic mass is 32.2. The molecule has 0 aromatic carbocycles. The molecule has 0 aliphatic carbocycles. The van der Waals surface area contributed by atoms with Crippen molar-refractivity contribution in [2.45, 2.75) is 5.25 Å². The summed E-state index contributed by atoms with van der Waals surface area (Å²) in [4.78, 5) is 0. The van der Waals surface area contributed by atoms with Gasteiger partial charge < -0.3 is 9.92 Å². The quantitative estimate of drug-likeness (QED) is 0.417. The van der Waals surface area contributed by atoms with Gasteiger partial charge in [-0.2, -0.15) is 0 Å². The maximum atomic E-state index is 5.35. The van der Waals surface area contributed by atoms with Gasteiger partial charge in [0.2, 0.25) is 0 Å². The average Bonchev–Trinajstić information content (AvgIpc) is 1.90. The van der Waals surface area contributed by atoms with E-state index in [0.29, 0.717) is 11.8 Å². The number of rotatable bonds is 1. The first-order chi connectivity index (χ1) is 3.93. The average molecular weight is 131 g/mol.